The zero-order chi connectivity index (χ0) is 8.97. The monoisotopic (exact) mass is 187 g/mol. The molecule has 0 saturated carbocycles. The lowest BCUT2D eigenvalue weighted by Crippen LogP contribution is -2.21. The van der Waals surface area contributed by atoms with Crippen LogP contribution in [0.15, 0.2) is 12.3 Å². The lowest BCUT2D eigenvalue weighted by Gasteiger charge is -2.02. The van der Waals surface area contributed by atoms with Crippen molar-refractivity contribution in [2.75, 3.05) is 6.54 Å². The molecule has 1 rings (SSSR count). The fourth-order valence-electron chi connectivity index (χ4n) is 0.957. The summed E-state index contributed by atoms with van der Waals surface area (Å²) < 4.78 is 1.79. The predicted octanol–water partition coefficient (Wildman–Crippen LogP) is 1.14. The van der Waals surface area contributed by atoms with Gasteiger partial charge >= 0.3 is 0 Å². The molecule has 0 aliphatic rings. The number of nitrogens with one attached hydrogen (secondary N) is 1. The Labute approximate surface area is 77.7 Å². The van der Waals surface area contributed by atoms with Gasteiger partial charge in [-0.25, -0.2) is 0 Å². The minimum Gasteiger partial charge on any atom is -0.310 e. The molecule has 1 aromatic rings. The second-order valence-corrected chi connectivity index (χ2v) is 3.64. The van der Waals surface area contributed by atoms with E-state index in [1.807, 2.05) is 26.2 Å². The van der Waals surface area contributed by atoms with E-state index in [0.29, 0.717) is 0 Å². The van der Waals surface area contributed by atoms with Crippen molar-refractivity contribution >= 4 is 11.6 Å². The van der Waals surface area contributed by atoms with E-state index in [2.05, 4.69) is 10.4 Å². The van der Waals surface area contributed by atoms with Crippen LogP contribution in [0.1, 0.15) is 12.6 Å². The Bertz CT molecular complexity index is 232. The first-order chi connectivity index (χ1) is 5.68. The molecule has 68 valence electrons. The molecule has 0 bridgehead atoms. The second-order valence-electron chi connectivity index (χ2n) is 2.89. The minimum absolute atomic E-state index is 0.175. The van der Waals surface area contributed by atoms with Gasteiger partial charge in [0.1, 0.15) is 0 Å². The summed E-state index contributed by atoms with van der Waals surface area (Å²) in [5.41, 5.74) is 1.05. The molecule has 0 aromatic carbocycles. The quantitative estimate of drug-likeness (QED) is 0.717. The third-order valence-electron chi connectivity index (χ3n) is 1.50. The summed E-state index contributed by atoms with van der Waals surface area (Å²) in [4.78, 5) is 0. The molecular weight excluding hydrogens is 174 g/mol. The van der Waals surface area contributed by atoms with Gasteiger partial charge < -0.3 is 5.32 Å². The highest BCUT2D eigenvalue weighted by molar-refractivity contribution is 6.20. The number of hydrogen-bond acceptors (Lipinski definition) is 2. The molecule has 0 spiro atoms. The van der Waals surface area contributed by atoms with Crippen molar-refractivity contribution in [3.05, 3.63) is 18.0 Å². The van der Waals surface area contributed by atoms with Crippen molar-refractivity contribution in [3.8, 4) is 0 Å². The highest BCUT2D eigenvalue weighted by Gasteiger charge is 1.97. The van der Waals surface area contributed by atoms with Crippen LogP contribution in [0.2, 0.25) is 0 Å². The Morgan fingerprint density at radius 3 is 3.00 bits per heavy atom. The molecule has 4 heteroatoms. The maximum absolute atomic E-state index is 5.76. The third-order valence-corrected chi connectivity index (χ3v) is 1.65. The van der Waals surface area contributed by atoms with Gasteiger partial charge in [-0.05, 0) is 13.0 Å². The van der Waals surface area contributed by atoms with E-state index in [0.717, 1.165) is 18.8 Å². The van der Waals surface area contributed by atoms with Gasteiger partial charge in [0.15, 0.2) is 0 Å². The summed E-state index contributed by atoms with van der Waals surface area (Å²) in [6.07, 6.45) is 1.93. The van der Waals surface area contributed by atoms with Gasteiger partial charge in [0.25, 0.3) is 0 Å². The molecule has 0 saturated heterocycles. The van der Waals surface area contributed by atoms with Crippen LogP contribution in [0.4, 0.5) is 0 Å². The fraction of sp³-hybridized carbons (Fsp3) is 0.625. The standard InChI is InChI=1S/C8H14ClN3/c1-7(9)5-10-6-8-3-4-12(2)11-8/h3-4,7,10H,5-6H2,1-2H3. The highest BCUT2D eigenvalue weighted by atomic mass is 35.5. The molecule has 1 unspecified atom stereocenters. The highest BCUT2D eigenvalue weighted by Crippen LogP contribution is 1.94. The van der Waals surface area contributed by atoms with E-state index in [1.165, 1.54) is 0 Å². The molecular formula is C8H14ClN3. The van der Waals surface area contributed by atoms with Crippen molar-refractivity contribution in [2.45, 2.75) is 18.8 Å². The fourth-order valence-corrected chi connectivity index (χ4v) is 1.07. The van der Waals surface area contributed by atoms with Crippen molar-refractivity contribution < 1.29 is 0 Å². The normalized spacial score (nSPS) is 13.2. The Morgan fingerprint density at radius 2 is 2.50 bits per heavy atom. The number of rotatable bonds is 4. The summed E-state index contributed by atoms with van der Waals surface area (Å²) in [6.45, 7) is 3.57. The zero-order valence-electron chi connectivity index (χ0n) is 7.42. The van der Waals surface area contributed by atoms with Crippen LogP contribution in [0.5, 0.6) is 0 Å². The molecule has 0 fully saturated rings. The number of aromatic nitrogens is 2. The summed E-state index contributed by atoms with van der Waals surface area (Å²) in [5, 5.41) is 7.60. The van der Waals surface area contributed by atoms with Gasteiger partial charge in [-0.2, -0.15) is 5.10 Å². The number of nitrogens with zero attached hydrogens (tertiary/aromatic N) is 2. The van der Waals surface area contributed by atoms with Crippen molar-refractivity contribution in [1.82, 2.24) is 15.1 Å². The maximum Gasteiger partial charge on any atom is 0.0762 e. The first-order valence-corrected chi connectivity index (χ1v) is 4.45. The third kappa shape index (κ3) is 3.24. The van der Waals surface area contributed by atoms with E-state index < -0.39 is 0 Å². The lowest BCUT2D eigenvalue weighted by atomic mass is 10.4. The predicted molar refractivity (Wildman–Crippen MR) is 50.2 cm³/mol. The molecule has 0 aliphatic heterocycles. The van der Waals surface area contributed by atoms with Gasteiger partial charge in [-0.15, -0.1) is 11.6 Å². The van der Waals surface area contributed by atoms with Crippen LogP contribution in [-0.4, -0.2) is 21.7 Å². The Balaban J connectivity index is 2.24. The smallest absolute Gasteiger partial charge is 0.0762 e. The molecule has 0 aliphatic carbocycles. The van der Waals surface area contributed by atoms with Gasteiger partial charge in [0.05, 0.1) is 5.69 Å². The largest absolute Gasteiger partial charge is 0.310 e. The van der Waals surface area contributed by atoms with Gasteiger partial charge in [-0.3, -0.25) is 4.68 Å². The Morgan fingerprint density at radius 1 is 1.75 bits per heavy atom. The number of aryl methyl sites for hydroxylation is 1. The molecule has 1 atom stereocenters. The van der Waals surface area contributed by atoms with Gasteiger partial charge in [-0.1, -0.05) is 0 Å². The van der Waals surface area contributed by atoms with E-state index in [9.17, 15) is 0 Å². The van der Waals surface area contributed by atoms with E-state index in [4.69, 9.17) is 11.6 Å². The summed E-state index contributed by atoms with van der Waals surface area (Å²) in [7, 11) is 1.91. The Kier molecular flexibility index (Phi) is 3.56. The summed E-state index contributed by atoms with van der Waals surface area (Å²) >= 11 is 5.76. The first-order valence-electron chi connectivity index (χ1n) is 4.02. The molecule has 3 nitrogen and oxygen atoms in total. The van der Waals surface area contributed by atoms with Crippen molar-refractivity contribution in [3.63, 3.8) is 0 Å². The summed E-state index contributed by atoms with van der Waals surface area (Å²) in [5.74, 6) is 0. The number of alkyl halides is 1. The maximum atomic E-state index is 5.76. The summed E-state index contributed by atoms with van der Waals surface area (Å²) in [6, 6.07) is 1.99. The van der Waals surface area contributed by atoms with Gasteiger partial charge in [0, 0.05) is 31.7 Å². The topological polar surface area (TPSA) is 29.9 Å². The van der Waals surface area contributed by atoms with Crippen LogP contribution < -0.4 is 5.32 Å². The van der Waals surface area contributed by atoms with Crippen LogP contribution in [0, 0.1) is 0 Å². The van der Waals surface area contributed by atoms with Crippen molar-refractivity contribution in [1.29, 1.82) is 0 Å². The van der Waals surface area contributed by atoms with E-state index in [1.54, 1.807) is 4.68 Å². The van der Waals surface area contributed by atoms with Crippen LogP contribution in [0.25, 0.3) is 0 Å². The lowest BCUT2D eigenvalue weighted by molar-refractivity contribution is 0.650. The van der Waals surface area contributed by atoms with Crippen molar-refractivity contribution in [2.24, 2.45) is 7.05 Å². The average molecular weight is 188 g/mol. The van der Waals surface area contributed by atoms with E-state index in [-0.39, 0.29) is 5.38 Å². The average Bonchev–Trinajstić information content (AvgIpc) is 2.35. The van der Waals surface area contributed by atoms with Crippen LogP contribution in [0.3, 0.4) is 0 Å². The SMILES string of the molecule is CC(Cl)CNCc1ccn(C)n1. The zero-order valence-corrected chi connectivity index (χ0v) is 8.17. The molecule has 0 amide bonds. The second kappa shape index (κ2) is 4.48. The molecule has 1 heterocycles. The number of hydrogen-bond donors (Lipinski definition) is 1. The molecule has 1 aromatic heterocycles. The minimum atomic E-state index is 0.175. The van der Waals surface area contributed by atoms with Gasteiger partial charge in [0.2, 0.25) is 0 Å². The number of halogens is 1. The first kappa shape index (κ1) is 9.55. The van der Waals surface area contributed by atoms with Crippen LogP contribution in [-0.2, 0) is 13.6 Å². The molecule has 1 N–H and O–H groups in total. The molecule has 0 radical (unpaired) electrons. The van der Waals surface area contributed by atoms with Crippen LogP contribution >= 0.6 is 11.6 Å². The Hall–Kier alpha value is -0.540. The van der Waals surface area contributed by atoms with E-state index >= 15 is 0 Å². The molecule has 12 heavy (non-hydrogen) atoms.